The van der Waals surface area contributed by atoms with Crippen LogP contribution in [0.15, 0.2) is 18.6 Å². The van der Waals surface area contributed by atoms with E-state index in [2.05, 4.69) is 30.0 Å². The minimum Gasteiger partial charge on any atom is -0.356 e. The summed E-state index contributed by atoms with van der Waals surface area (Å²) in [7, 11) is 0. The first-order valence-electron chi connectivity index (χ1n) is 9.77. The molecule has 1 N–H and O–H groups in total. The number of carbonyl (C=O) groups excluding carboxylic acids is 1. The van der Waals surface area contributed by atoms with E-state index >= 15 is 0 Å². The maximum atomic E-state index is 12.6. The van der Waals surface area contributed by atoms with Gasteiger partial charge in [-0.1, -0.05) is 19.3 Å². The predicted octanol–water partition coefficient (Wildman–Crippen LogP) is 2.38. The van der Waals surface area contributed by atoms with Gasteiger partial charge in [-0.2, -0.15) is 0 Å². The molecular weight excluding hydrogens is 328 g/mol. The van der Waals surface area contributed by atoms with Crippen LogP contribution in [0.4, 0.5) is 0 Å². The van der Waals surface area contributed by atoms with Crippen LogP contribution in [0.1, 0.15) is 50.8 Å². The van der Waals surface area contributed by atoms with Crippen LogP contribution in [-0.2, 0) is 17.8 Å². The molecule has 1 atom stereocenters. The number of hydrogen-bond acceptors (Lipinski definition) is 5. The molecule has 7 heteroatoms. The van der Waals surface area contributed by atoms with E-state index in [1.165, 1.54) is 32.1 Å². The summed E-state index contributed by atoms with van der Waals surface area (Å²) in [5.74, 6) is 2.61. The average molecular weight is 354 g/mol. The first-order valence-corrected chi connectivity index (χ1v) is 9.77. The highest BCUT2D eigenvalue weighted by Gasteiger charge is 2.26. The van der Waals surface area contributed by atoms with Crippen LogP contribution < -0.4 is 5.32 Å². The molecule has 0 radical (unpaired) electrons. The van der Waals surface area contributed by atoms with Gasteiger partial charge >= 0.3 is 0 Å². The first kappa shape index (κ1) is 17.1. The summed E-state index contributed by atoms with van der Waals surface area (Å²) in [5, 5.41) is 11.8. The van der Waals surface area contributed by atoms with Crippen molar-refractivity contribution in [1.29, 1.82) is 0 Å². The lowest BCUT2D eigenvalue weighted by Crippen LogP contribution is -2.35. The van der Waals surface area contributed by atoms with E-state index in [4.69, 9.17) is 0 Å². The lowest BCUT2D eigenvalue weighted by Gasteiger charge is -2.23. The Hall–Kier alpha value is -2.31. The minimum absolute atomic E-state index is 0.0509. The third-order valence-corrected chi connectivity index (χ3v) is 5.70. The quantitative estimate of drug-likeness (QED) is 0.911. The molecule has 3 heterocycles. The van der Waals surface area contributed by atoms with E-state index < -0.39 is 0 Å². The molecule has 4 rings (SSSR count). The second-order valence-electron chi connectivity index (χ2n) is 7.46. The SMILES string of the molecule is O=C(NCC1CCCCC1)C1CCc2nnc(-c3cnccn3)n2CC1. The lowest BCUT2D eigenvalue weighted by atomic mass is 9.89. The lowest BCUT2D eigenvalue weighted by molar-refractivity contribution is -0.125. The fourth-order valence-corrected chi connectivity index (χ4v) is 4.13. The Morgan fingerprint density at radius 1 is 1.12 bits per heavy atom. The summed E-state index contributed by atoms with van der Waals surface area (Å²) in [6.45, 7) is 1.59. The summed E-state index contributed by atoms with van der Waals surface area (Å²) in [5.41, 5.74) is 0.728. The van der Waals surface area contributed by atoms with Crippen molar-refractivity contribution in [2.75, 3.05) is 6.54 Å². The molecule has 2 aromatic heterocycles. The molecule has 1 aliphatic heterocycles. The van der Waals surface area contributed by atoms with Crippen molar-refractivity contribution in [2.45, 2.75) is 57.9 Å². The molecule has 0 bridgehead atoms. The summed E-state index contributed by atoms with van der Waals surface area (Å²) in [4.78, 5) is 21.1. The molecule has 1 fully saturated rings. The second-order valence-corrected chi connectivity index (χ2v) is 7.46. The smallest absolute Gasteiger partial charge is 0.223 e. The highest BCUT2D eigenvalue weighted by molar-refractivity contribution is 5.78. The van der Waals surface area contributed by atoms with Gasteiger partial charge in [0.05, 0.1) is 6.20 Å². The van der Waals surface area contributed by atoms with E-state index in [0.717, 1.165) is 49.7 Å². The summed E-state index contributed by atoms with van der Waals surface area (Å²) in [6, 6.07) is 0. The monoisotopic (exact) mass is 354 g/mol. The van der Waals surface area contributed by atoms with Crippen molar-refractivity contribution in [2.24, 2.45) is 11.8 Å². The number of hydrogen-bond donors (Lipinski definition) is 1. The number of aromatic nitrogens is 5. The summed E-state index contributed by atoms with van der Waals surface area (Å²) in [6.07, 6.45) is 13.9. The molecule has 1 amide bonds. The molecule has 0 aromatic carbocycles. The minimum atomic E-state index is 0.0509. The van der Waals surface area contributed by atoms with Gasteiger partial charge in [-0.3, -0.25) is 9.78 Å². The Bertz CT molecular complexity index is 738. The van der Waals surface area contributed by atoms with Crippen molar-refractivity contribution in [3.8, 4) is 11.5 Å². The van der Waals surface area contributed by atoms with Crippen LogP contribution in [0.2, 0.25) is 0 Å². The van der Waals surface area contributed by atoms with Crippen LogP contribution in [-0.4, -0.2) is 37.2 Å². The zero-order valence-corrected chi connectivity index (χ0v) is 15.1. The summed E-state index contributed by atoms with van der Waals surface area (Å²) >= 11 is 0. The van der Waals surface area contributed by atoms with Gasteiger partial charge in [0, 0.05) is 37.8 Å². The Morgan fingerprint density at radius 3 is 2.81 bits per heavy atom. The van der Waals surface area contributed by atoms with Crippen LogP contribution in [0.3, 0.4) is 0 Å². The Labute approximate surface area is 153 Å². The zero-order valence-electron chi connectivity index (χ0n) is 15.1. The number of nitrogens with one attached hydrogen (secondary N) is 1. The number of aryl methyl sites for hydroxylation is 1. The zero-order chi connectivity index (χ0) is 17.8. The standard InChI is InChI=1S/C19H26N6O/c26-19(22-12-14-4-2-1-3-5-14)15-6-7-17-23-24-18(25(17)11-8-15)16-13-20-9-10-21-16/h9-10,13-15H,1-8,11-12H2,(H,22,26). The summed E-state index contributed by atoms with van der Waals surface area (Å²) < 4.78 is 2.10. The van der Waals surface area contributed by atoms with Crippen LogP contribution in [0, 0.1) is 11.8 Å². The Kier molecular flexibility index (Phi) is 5.22. The van der Waals surface area contributed by atoms with Gasteiger partial charge in [0.1, 0.15) is 11.5 Å². The fourth-order valence-electron chi connectivity index (χ4n) is 4.13. The molecule has 7 nitrogen and oxygen atoms in total. The maximum Gasteiger partial charge on any atom is 0.223 e. The highest BCUT2D eigenvalue weighted by Crippen LogP contribution is 2.25. The molecule has 2 aromatic rings. The predicted molar refractivity (Wildman–Crippen MR) is 97.1 cm³/mol. The van der Waals surface area contributed by atoms with E-state index in [1.54, 1.807) is 18.6 Å². The van der Waals surface area contributed by atoms with Gasteiger partial charge in [0.15, 0.2) is 5.82 Å². The molecule has 138 valence electrons. The molecule has 0 spiro atoms. The topological polar surface area (TPSA) is 85.6 Å². The molecule has 1 saturated carbocycles. The van der Waals surface area contributed by atoms with Crippen molar-refractivity contribution < 1.29 is 4.79 Å². The van der Waals surface area contributed by atoms with Gasteiger partial charge in [-0.25, -0.2) is 4.98 Å². The van der Waals surface area contributed by atoms with E-state index in [9.17, 15) is 4.79 Å². The van der Waals surface area contributed by atoms with Crippen molar-refractivity contribution in [1.82, 2.24) is 30.0 Å². The third-order valence-electron chi connectivity index (χ3n) is 5.70. The number of amides is 1. The number of fused-ring (bicyclic) bond motifs is 1. The van der Waals surface area contributed by atoms with E-state index in [1.807, 2.05) is 0 Å². The molecule has 0 saturated heterocycles. The van der Waals surface area contributed by atoms with Gasteiger partial charge in [0.25, 0.3) is 0 Å². The number of carbonyl (C=O) groups is 1. The van der Waals surface area contributed by atoms with Gasteiger partial charge in [0.2, 0.25) is 5.91 Å². The number of rotatable bonds is 4. The molecule has 26 heavy (non-hydrogen) atoms. The molecule has 1 aliphatic carbocycles. The van der Waals surface area contributed by atoms with Gasteiger partial charge in [-0.05, 0) is 31.6 Å². The normalized spacial score (nSPS) is 21.0. The highest BCUT2D eigenvalue weighted by atomic mass is 16.1. The van der Waals surface area contributed by atoms with Crippen LogP contribution >= 0.6 is 0 Å². The molecule has 2 aliphatic rings. The van der Waals surface area contributed by atoms with E-state index in [-0.39, 0.29) is 11.8 Å². The second kappa shape index (κ2) is 7.93. The first-order chi connectivity index (χ1) is 12.8. The Morgan fingerprint density at radius 2 is 2.00 bits per heavy atom. The van der Waals surface area contributed by atoms with Crippen LogP contribution in [0.5, 0.6) is 0 Å². The van der Waals surface area contributed by atoms with Crippen molar-refractivity contribution in [3.63, 3.8) is 0 Å². The van der Waals surface area contributed by atoms with Crippen molar-refractivity contribution in [3.05, 3.63) is 24.4 Å². The van der Waals surface area contributed by atoms with E-state index in [0.29, 0.717) is 5.92 Å². The largest absolute Gasteiger partial charge is 0.356 e. The molecule has 1 unspecified atom stereocenters. The maximum absolute atomic E-state index is 12.6. The van der Waals surface area contributed by atoms with Gasteiger partial charge < -0.3 is 9.88 Å². The van der Waals surface area contributed by atoms with Crippen molar-refractivity contribution >= 4 is 5.91 Å². The van der Waals surface area contributed by atoms with Gasteiger partial charge in [-0.15, -0.1) is 10.2 Å². The molecular formula is C19H26N6O. The number of nitrogens with zero attached hydrogens (tertiary/aromatic N) is 5. The average Bonchev–Trinajstić information content (AvgIpc) is 2.99. The fraction of sp³-hybridized carbons (Fsp3) is 0.632. The Balaban J connectivity index is 1.37. The van der Waals surface area contributed by atoms with Crippen LogP contribution in [0.25, 0.3) is 11.5 Å². The third kappa shape index (κ3) is 3.76.